The molecule has 0 spiro atoms. The van der Waals surface area contributed by atoms with Gasteiger partial charge in [-0.15, -0.1) is 0 Å². The summed E-state index contributed by atoms with van der Waals surface area (Å²) in [6.45, 7) is 1.03. The molecule has 126 valence electrons. The molecule has 1 atom stereocenters. The highest BCUT2D eigenvalue weighted by atomic mass is 16.5. The van der Waals surface area contributed by atoms with Crippen LogP contribution in [0.2, 0.25) is 0 Å². The van der Waals surface area contributed by atoms with Gasteiger partial charge >= 0.3 is 5.97 Å². The highest BCUT2D eigenvalue weighted by Crippen LogP contribution is 2.09. The maximum Gasteiger partial charge on any atom is 0.306 e. The van der Waals surface area contributed by atoms with E-state index in [2.05, 4.69) is 0 Å². The third-order valence-electron chi connectivity index (χ3n) is 3.60. The van der Waals surface area contributed by atoms with Gasteiger partial charge in [0.1, 0.15) is 12.9 Å². The molecule has 0 saturated heterocycles. The zero-order valence-electron chi connectivity index (χ0n) is 13.6. The minimum absolute atomic E-state index is 0.213. The number of aldehydes is 1. The van der Waals surface area contributed by atoms with Crippen molar-refractivity contribution in [2.75, 3.05) is 6.61 Å². The molecule has 2 aromatic rings. The fourth-order valence-corrected chi connectivity index (χ4v) is 2.21. The molecule has 0 bridgehead atoms. The van der Waals surface area contributed by atoms with Crippen molar-refractivity contribution in [1.82, 2.24) is 0 Å². The molecule has 0 saturated carbocycles. The number of carbonyl (C=O) groups is 2. The molecule has 2 rings (SSSR count). The van der Waals surface area contributed by atoms with Crippen molar-refractivity contribution >= 4 is 12.3 Å². The van der Waals surface area contributed by atoms with Gasteiger partial charge in [-0.05, 0) is 17.5 Å². The summed E-state index contributed by atoms with van der Waals surface area (Å²) in [6, 6.07) is 19.3. The third-order valence-corrected chi connectivity index (χ3v) is 3.60. The van der Waals surface area contributed by atoms with Gasteiger partial charge in [-0.2, -0.15) is 0 Å². The van der Waals surface area contributed by atoms with E-state index >= 15 is 0 Å². The second-order valence-corrected chi connectivity index (χ2v) is 5.58. The summed E-state index contributed by atoms with van der Waals surface area (Å²) in [5.74, 6) is -0.591. The van der Waals surface area contributed by atoms with E-state index in [-0.39, 0.29) is 24.9 Å². The first kappa shape index (κ1) is 17.9. The third kappa shape index (κ3) is 6.75. The van der Waals surface area contributed by atoms with Crippen LogP contribution in [-0.2, 0) is 32.3 Å². The molecule has 0 radical (unpaired) electrons. The summed E-state index contributed by atoms with van der Waals surface area (Å²) < 4.78 is 10.8. The summed E-state index contributed by atoms with van der Waals surface area (Å²) in [4.78, 5) is 22.9. The topological polar surface area (TPSA) is 52.6 Å². The molecule has 0 fully saturated rings. The molecule has 1 unspecified atom stereocenters. The summed E-state index contributed by atoms with van der Waals surface area (Å²) in [5, 5.41) is 0. The van der Waals surface area contributed by atoms with Gasteiger partial charge in [0.25, 0.3) is 0 Å². The van der Waals surface area contributed by atoms with Crippen molar-refractivity contribution in [1.29, 1.82) is 0 Å². The minimum atomic E-state index is -0.297. The Kier molecular flexibility index (Phi) is 7.71. The van der Waals surface area contributed by atoms with Crippen molar-refractivity contribution in [3.8, 4) is 0 Å². The zero-order chi connectivity index (χ0) is 17.0. The average Bonchev–Trinajstić information content (AvgIpc) is 2.64. The first-order valence-corrected chi connectivity index (χ1v) is 8.04. The number of rotatable bonds is 10. The van der Waals surface area contributed by atoms with Crippen LogP contribution >= 0.6 is 0 Å². The Morgan fingerprint density at radius 2 is 1.50 bits per heavy atom. The number of benzene rings is 2. The Bertz CT molecular complexity index is 610. The lowest BCUT2D eigenvalue weighted by atomic mass is 10.1. The van der Waals surface area contributed by atoms with E-state index in [1.807, 2.05) is 60.7 Å². The quantitative estimate of drug-likeness (QED) is 0.495. The molecule has 0 aliphatic rings. The Labute approximate surface area is 142 Å². The molecule has 0 aliphatic carbocycles. The van der Waals surface area contributed by atoms with Crippen LogP contribution in [0.1, 0.15) is 24.0 Å². The zero-order valence-corrected chi connectivity index (χ0v) is 13.6. The summed E-state index contributed by atoms with van der Waals surface area (Å²) in [7, 11) is 0. The Hall–Kier alpha value is -2.46. The first-order chi connectivity index (χ1) is 11.8. The molecule has 0 N–H and O–H groups in total. The molecule has 2 aromatic carbocycles. The first-order valence-electron chi connectivity index (χ1n) is 8.04. The number of ether oxygens (including phenoxy) is 2. The van der Waals surface area contributed by atoms with Crippen LogP contribution < -0.4 is 0 Å². The second kappa shape index (κ2) is 10.3. The van der Waals surface area contributed by atoms with Crippen LogP contribution in [0.15, 0.2) is 60.7 Å². The van der Waals surface area contributed by atoms with E-state index in [4.69, 9.17) is 9.47 Å². The van der Waals surface area contributed by atoms with Crippen LogP contribution in [0.4, 0.5) is 0 Å². The van der Waals surface area contributed by atoms with Gasteiger partial charge in [0.15, 0.2) is 0 Å². The smallest absolute Gasteiger partial charge is 0.306 e. The second-order valence-electron chi connectivity index (χ2n) is 5.58. The molecular weight excluding hydrogens is 304 g/mol. The van der Waals surface area contributed by atoms with E-state index < -0.39 is 0 Å². The summed E-state index contributed by atoms with van der Waals surface area (Å²) >= 11 is 0. The van der Waals surface area contributed by atoms with E-state index in [0.29, 0.717) is 19.6 Å². The summed E-state index contributed by atoms with van der Waals surface area (Å²) in [5.41, 5.74) is 2.01. The van der Waals surface area contributed by atoms with Crippen LogP contribution in [0, 0.1) is 5.92 Å². The van der Waals surface area contributed by atoms with Crippen molar-refractivity contribution in [3.05, 3.63) is 71.8 Å². The van der Waals surface area contributed by atoms with Gasteiger partial charge in [0.05, 0.1) is 13.2 Å². The fraction of sp³-hybridized carbons (Fsp3) is 0.300. The highest BCUT2D eigenvalue weighted by Gasteiger charge is 2.12. The molecule has 0 aromatic heterocycles. The lowest BCUT2D eigenvalue weighted by Gasteiger charge is -2.11. The van der Waals surface area contributed by atoms with Crippen molar-refractivity contribution in [3.63, 3.8) is 0 Å². The number of esters is 1. The van der Waals surface area contributed by atoms with E-state index in [1.165, 1.54) is 0 Å². The molecular formula is C20H22O4. The maximum atomic E-state index is 11.8. The van der Waals surface area contributed by atoms with Crippen LogP contribution in [0.3, 0.4) is 0 Å². The molecule has 0 amide bonds. The SMILES string of the molecule is O=CC(CCC(=O)OCc1ccccc1)COCc1ccccc1. The van der Waals surface area contributed by atoms with E-state index in [1.54, 1.807) is 0 Å². The molecule has 24 heavy (non-hydrogen) atoms. The lowest BCUT2D eigenvalue weighted by Crippen LogP contribution is -2.14. The molecule has 0 aliphatic heterocycles. The van der Waals surface area contributed by atoms with Gasteiger partial charge in [-0.3, -0.25) is 4.79 Å². The fourth-order valence-electron chi connectivity index (χ4n) is 2.21. The van der Waals surface area contributed by atoms with Crippen molar-refractivity contribution in [2.24, 2.45) is 5.92 Å². The van der Waals surface area contributed by atoms with Crippen LogP contribution in [-0.4, -0.2) is 18.9 Å². The van der Waals surface area contributed by atoms with E-state index in [0.717, 1.165) is 17.4 Å². The molecule has 4 nitrogen and oxygen atoms in total. The van der Waals surface area contributed by atoms with E-state index in [9.17, 15) is 9.59 Å². The molecule has 4 heteroatoms. The van der Waals surface area contributed by atoms with Crippen LogP contribution in [0.25, 0.3) is 0 Å². The van der Waals surface area contributed by atoms with Gasteiger partial charge in [-0.25, -0.2) is 0 Å². The number of carbonyl (C=O) groups excluding carboxylic acids is 2. The number of hydrogen-bond donors (Lipinski definition) is 0. The number of hydrogen-bond acceptors (Lipinski definition) is 4. The van der Waals surface area contributed by atoms with Gasteiger partial charge in [0.2, 0.25) is 0 Å². The largest absolute Gasteiger partial charge is 0.461 e. The van der Waals surface area contributed by atoms with Crippen LogP contribution in [0.5, 0.6) is 0 Å². The minimum Gasteiger partial charge on any atom is -0.461 e. The predicted octanol–water partition coefficient (Wildman–Crippen LogP) is 3.54. The van der Waals surface area contributed by atoms with Crippen molar-refractivity contribution in [2.45, 2.75) is 26.1 Å². The predicted molar refractivity (Wildman–Crippen MR) is 91.1 cm³/mol. The average molecular weight is 326 g/mol. The normalized spacial score (nSPS) is 11.7. The van der Waals surface area contributed by atoms with Crippen molar-refractivity contribution < 1.29 is 19.1 Å². The Morgan fingerprint density at radius 3 is 2.08 bits per heavy atom. The Morgan fingerprint density at radius 1 is 0.917 bits per heavy atom. The van der Waals surface area contributed by atoms with Gasteiger partial charge in [0, 0.05) is 12.3 Å². The standard InChI is InChI=1S/C20H22O4/c21-13-19(15-23-14-17-7-3-1-4-8-17)11-12-20(22)24-16-18-9-5-2-6-10-18/h1-10,13,19H,11-12,14-16H2. The van der Waals surface area contributed by atoms with Gasteiger partial charge in [-0.1, -0.05) is 60.7 Å². The van der Waals surface area contributed by atoms with Gasteiger partial charge < -0.3 is 14.3 Å². The Balaban J connectivity index is 1.63. The summed E-state index contributed by atoms with van der Waals surface area (Å²) in [6.07, 6.45) is 1.49. The monoisotopic (exact) mass is 326 g/mol. The lowest BCUT2D eigenvalue weighted by molar-refractivity contribution is -0.145. The molecule has 0 heterocycles. The highest BCUT2D eigenvalue weighted by molar-refractivity contribution is 5.70. The maximum absolute atomic E-state index is 11.8.